The molecule has 2 unspecified atom stereocenters. The Kier molecular flexibility index (Phi) is 4.15. The minimum atomic E-state index is -0.420. The van der Waals surface area contributed by atoms with Crippen LogP contribution in [-0.4, -0.2) is 32.9 Å². The zero-order valence-corrected chi connectivity index (χ0v) is 16.0. The zero-order valence-electron chi connectivity index (χ0n) is 16.0. The molecule has 2 N–H and O–H groups in total. The first-order valence-corrected chi connectivity index (χ1v) is 10.1. The van der Waals surface area contributed by atoms with Gasteiger partial charge in [-0.1, -0.05) is 6.07 Å². The molecule has 6 rings (SSSR count). The van der Waals surface area contributed by atoms with Crippen LogP contribution in [0.25, 0.3) is 0 Å². The number of amides is 2. The van der Waals surface area contributed by atoms with Crippen molar-refractivity contribution in [2.75, 3.05) is 0 Å². The fourth-order valence-corrected chi connectivity index (χ4v) is 6.23. The lowest BCUT2D eigenvalue weighted by atomic mass is 9.49. The molecule has 4 bridgehead atoms. The van der Waals surface area contributed by atoms with Crippen LogP contribution in [0, 0.1) is 17.7 Å². The summed E-state index contributed by atoms with van der Waals surface area (Å²) in [6.07, 6.45) is 8.45. The quantitative estimate of drug-likeness (QED) is 0.835. The van der Waals surface area contributed by atoms with Crippen LogP contribution in [0.4, 0.5) is 4.39 Å². The van der Waals surface area contributed by atoms with Gasteiger partial charge in [0, 0.05) is 22.8 Å². The van der Waals surface area contributed by atoms with Crippen LogP contribution in [-0.2, 0) is 0 Å². The normalized spacial score (nSPS) is 32.0. The average Bonchev–Trinajstić information content (AvgIpc) is 2.67. The maximum Gasteiger partial charge on any atom is 0.270 e. The van der Waals surface area contributed by atoms with Gasteiger partial charge >= 0.3 is 0 Å². The number of rotatable bonds is 4. The summed E-state index contributed by atoms with van der Waals surface area (Å²) in [7, 11) is 0. The van der Waals surface area contributed by atoms with E-state index in [0.717, 1.165) is 32.1 Å². The Balaban J connectivity index is 1.38. The van der Waals surface area contributed by atoms with Crippen LogP contribution >= 0.6 is 0 Å². The molecule has 2 atom stereocenters. The van der Waals surface area contributed by atoms with Gasteiger partial charge in [-0.2, -0.15) is 0 Å². The largest absolute Gasteiger partial charge is 0.346 e. The minimum absolute atomic E-state index is 0.194. The lowest BCUT2D eigenvalue weighted by molar-refractivity contribution is -0.0448. The fourth-order valence-electron chi connectivity index (χ4n) is 6.23. The van der Waals surface area contributed by atoms with Crippen molar-refractivity contribution in [1.29, 1.82) is 0 Å². The monoisotopic (exact) mass is 394 g/mol. The molecule has 4 saturated carbocycles. The van der Waals surface area contributed by atoms with E-state index in [1.54, 1.807) is 24.4 Å². The number of hydrogen-bond acceptors (Lipinski definition) is 4. The van der Waals surface area contributed by atoms with Gasteiger partial charge in [0.15, 0.2) is 0 Å². The second-order valence-corrected chi connectivity index (χ2v) is 9.03. The molecule has 0 spiro atoms. The third-order valence-electron chi connectivity index (χ3n) is 6.72. The standard InChI is InChI=1S/C22H23FN4O2/c23-17-3-1-2-16(7-17)19(28)26-21-8-14-6-15(9-21)11-22(10-14,12-21)27-20(29)18-4-5-24-13-25-18/h1-5,7,13-15H,6,8-12H2,(H,26,28)(H,27,29). The Morgan fingerprint density at radius 3 is 2.31 bits per heavy atom. The first-order chi connectivity index (χ1) is 13.9. The van der Waals surface area contributed by atoms with Crippen LogP contribution < -0.4 is 10.6 Å². The number of nitrogens with one attached hydrogen (secondary N) is 2. The highest BCUT2D eigenvalue weighted by Crippen LogP contribution is 2.57. The first-order valence-electron chi connectivity index (χ1n) is 10.1. The topological polar surface area (TPSA) is 84.0 Å². The van der Waals surface area contributed by atoms with Crippen molar-refractivity contribution in [1.82, 2.24) is 20.6 Å². The second kappa shape index (κ2) is 6.61. The van der Waals surface area contributed by atoms with Crippen LogP contribution in [0.3, 0.4) is 0 Å². The Morgan fingerprint density at radius 1 is 1.00 bits per heavy atom. The van der Waals surface area contributed by atoms with Crippen molar-refractivity contribution in [2.45, 2.75) is 49.6 Å². The van der Waals surface area contributed by atoms with Crippen molar-refractivity contribution >= 4 is 11.8 Å². The maximum atomic E-state index is 13.6. The lowest BCUT2D eigenvalue weighted by Gasteiger charge is -2.62. The van der Waals surface area contributed by atoms with Gasteiger partial charge in [0.1, 0.15) is 17.8 Å². The van der Waals surface area contributed by atoms with Crippen molar-refractivity contribution in [2.24, 2.45) is 11.8 Å². The number of carbonyl (C=O) groups excluding carboxylic acids is 2. The number of hydrogen-bond donors (Lipinski definition) is 2. The number of nitrogens with zero attached hydrogens (tertiary/aromatic N) is 2. The molecule has 4 fully saturated rings. The van der Waals surface area contributed by atoms with Gasteiger partial charge in [0.2, 0.25) is 0 Å². The van der Waals surface area contributed by atoms with Gasteiger partial charge < -0.3 is 10.6 Å². The van der Waals surface area contributed by atoms with Crippen LogP contribution in [0.2, 0.25) is 0 Å². The minimum Gasteiger partial charge on any atom is -0.346 e. The fraction of sp³-hybridized carbons (Fsp3) is 0.455. The molecule has 0 radical (unpaired) electrons. The van der Waals surface area contributed by atoms with Gasteiger partial charge in [-0.05, 0) is 74.6 Å². The Morgan fingerprint density at radius 2 is 1.69 bits per heavy atom. The smallest absolute Gasteiger partial charge is 0.270 e. The van der Waals surface area contributed by atoms with Crippen molar-refractivity contribution < 1.29 is 14.0 Å². The van der Waals surface area contributed by atoms with E-state index < -0.39 is 5.82 Å². The maximum absolute atomic E-state index is 13.6. The summed E-state index contributed by atoms with van der Waals surface area (Å²) < 4.78 is 13.6. The number of benzene rings is 1. The molecular formula is C22H23FN4O2. The third-order valence-corrected chi connectivity index (χ3v) is 6.72. The van der Waals surface area contributed by atoms with E-state index in [1.807, 2.05) is 0 Å². The number of halogens is 1. The Bertz CT molecular complexity index is 950. The Labute approximate surface area is 168 Å². The van der Waals surface area contributed by atoms with Crippen molar-refractivity contribution in [3.05, 3.63) is 59.9 Å². The van der Waals surface area contributed by atoms with E-state index in [-0.39, 0.29) is 22.9 Å². The molecule has 1 aromatic carbocycles. The summed E-state index contributed by atoms with van der Waals surface area (Å²) in [5.74, 6) is 0.0750. The summed E-state index contributed by atoms with van der Waals surface area (Å²) in [6, 6.07) is 7.39. The van der Waals surface area contributed by atoms with E-state index in [4.69, 9.17) is 0 Å². The number of carbonyl (C=O) groups is 2. The predicted octanol–water partition coefficient (Wildman–Crippen LogP) is 2.87. The van der Waals surface area contributed by atoms with Crippen molar-refractivity contribution in [3.8, 4) is 0 Å². The predicted molar refractivity (Wildman–Crippen MR) is 104 cm³/mol. The van der Waals surface area contributed by atoms with Crippen molar-refractivity contribution in [3.63, 3.8) is 0 Å². The number of aromatic nitrogens is 2. The molecule has 6 nitrogen and oxygen atoms in total. The van der Waals surface area contributed by atoms with Crippen LogP contribution in [0.5, 0.6) is 0 Å². The highest BCUT2D eigenvalue weighted by Gasteiger charge is 2.58. The third kappa shape index (κ3) is 3.39. The zero-order chi connectivity index (χ0) is 20.1. The van der Waals surface area contributed by atoms with Crippen LogP contribution in [0.15, 0.2) is 42.9 Å². The molecule has 4 aliphatic carbocycles. The van der Waals surface area contributed by atoms with E-state index in [0.29, 0.717) is 29.5 Å². The summed E-state index contributed by atoms with van der Waals surface area (Å²) in [5.41, 5.74) is 0.00161. The summed E-state index contributed by atoms with van der Waals surface area (Å²) in [4.78, 5) is 33.6. The van der Waals surface area contributed by atoms with E-state index in [2.05, 4.69) is 20.6 Å². The van der Waals surface area contributed by atoms with E-state index >= 15 is 0 Å². The molecule has 4 aliphatic rings. The highest BCUT2D eigenvalue weighted by atomic mass is 19.1. The molecule has 0 saturated heterocycles. The summed E-state index contributed by atoms with van der Waals surface area (Å²) in [6.45, 7) is 0. The first kappa shape index (κ1) is 18.2. The van der Waals surface area contributed by atoms with Crippen LogP contribution in [0.1, 0.15) is 59.4 Å². The molecule has 150 valence electrons. The van der Waals surface area contributed by atoms with Gasteiger partial charge in [0.25, 0.3) is 11.8 Å². The molecule has 1 heterocycles. The molecule has 7 heteroatoms. The molecular weight excluding hydrogens is 371 g/mol. The van der Waals surface area contributed by atoms with Gasteiger partial charge in [-0.15, -0.1) is 0 Å². The lowest BCUT2D eigenvalue weighted by Crippen LogP contribution is -2.69. The molecule has 2 aromatic rings. The summed E-state index contributed by atoms with van der Waals surface area (Å²) >= 11 is 0. The summed E-state index contributed by atoms with van der Waals surface area (Å²) in [5, 5.41) is 6.47. The molecule has 1 aromatic heterocycles. The molecule has 0 aliphatic heterocycles. The average molecular weight is 394 g/mol. The van der Waals surface area contributed by atoms with E-state index in [9.17, 15) is 14.0 Å². The van der Waals surface area contributed by atoms with Gasteiger partial charge in [0.05, 0.1) is 0 Å². The van der Waals surface area contributed by atoms with Gasteiger partial charge in [-0.25, -0.2) is 14.4 Å². The Hall–Kier alpha value is -2.83. The van der Waals surface area contributed by atoms with E-state index in [1.165, 1.54) is 18.5 Å². The highest BCUT2D eigenvalue weighted by molar-refractivity contribution is 5.95. The molecule has 2 amide bonds. The molecule has 29 heavy (non-hydrogen) atoms. The SMILES string of the molecule is O=C(NC12CC3CC(C1)CC(NC(=O)c1ccncn1)(C3)C2)c1cccc(F)c1. The van der Waals surface area contributed by atoms with Gasteiger partial charge in [-0.3, -0.25) is 9.59 Å². The second-order valence-electron chi connectivity index (χ2n) is 9.03.